The molecule has 1 aromatic carbocycles. The van der Waals surface area contributed by atoms with Gasteiger partial charge in [0.2, 0.25) is 17.7 Å². The molecular formula is C13H13N5O2S. The minimum atomic E-state index is 0.228. The minimum absolute atomic E-state index is 0.228. The quantitative estimate of drug-likeness (QED) is 0.715. The molecule has 0 unspecified atom stereocenters. The summed E-state index contributed by atoms with van der Waals surface area (Å²) in [5.74, 6) is 1.88. The van der Waals surface area contributed by atoms with E-state index in [9.17, 15) is 0 Å². The summed E-state index contributed by atoms with van der Waals surface area (Å²) in [5.41, 5.74) is 7.45. The molecule has 2 heterocycles. The molecular weight excluding hydrogens is 290 g/mol. The number of nitrogens with zero attached hydrogens (tertiary/aromatic N) is 4. The van der Waals surface area contributed by atoms with Gasteiger partial charge in [-0.1, -0.05) is 29.5 Å². The van der Waals surface area contributed by atoms with E-state index in [1.54, 1.807) is 0 Å². The predicted molar refractivity (Wildman–Crippen MR) is 76.2 cm³/mol. The third-order valence-electron chi connectivity index (χ3n) is 2.67. The smallest absolute Gasteiger partial charge is 0.277 e. The zero-order chi connectivity index (χ0) is 14.7. The second kappa shape index (κ2) is 6.06. The van der Waals surface area contributed by atoms with Gasteiger partial charge in [-0.25, -0.2) is 0 Å². The fourth-order valence-corrected chi connectivity index (χ4v) is 2.33. The molecule has 21 heavy (non-hydrogen) atoms. The summed E-state index contributed by atoms with van der Waals surface area (Å²) in [6.45, 7) is 2.24. The van der Waals surface area contributed by atoms with Gasteiger partial charge in [-0.2, -0.15) is 0 Å². The average molecular weight is 303 g/mol. The van der Waals surface area contributed by atoms with Gasteiger partial charge in [-0.05, 0) is 19.1 Å². The molecule has 8 heteroatoms. The van der Waals surface area contributed by atoms with Gasteiger partial charge in [0, 0.05) is 5.56 Å². The summed E-state index contributed by atoms with van der Waals surface area (Å²) in [6, 6.07) is 7.90. The van der Waals surface area contributed by atoms with Crippen LogP contribution in [0.3, 0.4) is 0 Å². The molecule has 0 fully saturated rings. The highest BCUT2D eigenvalue weighted by atomic mass is 32.2. The highest BCUT2D eigenvalue weighted by molar-refractivity contribution is 7.98. The average Bonchev–Trinajstić information content (AvgIpc) is 3.14. The van der Waals surface area contributed by atoms with Gasteiger partial charge in [0.15, 0.2) is 0 Å². The lowest BCUT2D eigenvalue weighted by atomic mass is 10.1. The minimum Gasteiger partial charge on any atom is -0.420 e. The number of nitrogens with two attached hydrogens (primary N) is 1. The number of aromatic nitrogens is 4. The van der Waals surface area contributed by atoms with Crippen molar-refractivity contribution in [3.05, 3.63) is 41.6 Å². The Morgan fingerprint density at radius 1 is 1.10 bits per heavy atom. The van der Waals surface area contributed by atoms with Crippen LogP contribution in [0.2, 0.25) is 0 Å². The summed E-state index contributed by atoms with van der Waals surface area (Å²) in [5, 5.41) is 16.1. The highest BCUT2D eigenvalue weighted by Crippen LogP contribution is 2.24. The number of thioether (sulfide) groups is 1. The molecule has 108 valence electrons. The Balaban J connectivity index is 1.67. The van der Waals surface area contributed by atoms with Crippen LogP contribution in [0, 0.1) is 6.92 Å². The first-order chi connectivity index (χ1) is 10.2. The van der Waals surface area contributed by atoms with Crippen LogP contribution in [0.5, 0.6) is 0 Å². The van der Waals surface area contributed by atoms with Crippen LogP contribution in [0.25, 0.3) is 11.5 Å². The molecule has 0 saturated carbocycles. The van der Waals surface area contributed by atoms with Crippen molar-refractivity contribution in [3.63, 3.8) is 0 Å². The molecule has 0 aliphatic heterocycles. The van der Waals surface area contributed by atoms with Crippen LogP contribution in [-0.2, 0) is 12.3 Å². The van der Waals surface area contributed by atoms with Crippen LogP contribution < -0.4 is 5.73 Å². The molecule has 2 aromatic heterocycles. The Morgan fingerprint density at radius 3 is 2.71 bits per heavy atom. The van der Waals surface area contributed by atoms with E-state index in [4.69, 9.17) is 14.6 Å². The monoisotopic (exact) mass is 303 g/mol. The molecule has 0 saturated heterocycles. The Hall–Kier alpha value is -2.19. The van der Waals surface area contributed by atoms with Crippen molar-refractivity contribution in [1.29, 1.82) is 0 Å². The molecule has 0 spiro atoms. The van der Waals surface area contributed by atoms with Crippen molar-refractivity contribution < 1.29 is 8.83 Å². The highest BCUT2D eigenvalue weighted by Gasteiger charge is 2.11. The van der Waals surface area contributed by atoms with Crippen LogP contribution in [0.15, 0.2) is 38.3 Å². The fourth-order valence-electron chi connectivity index (χ4n) is 1.71. The first-order valence-electron chi connectivity index (χ1n) is 6.29. The second-order valence-corrected chi connectivity index (χ2v) is 5.25. The van der Waals surface area contributed by atoms with E-state index in [-0.39, 0.29) is 6.54 Å². The van der Waals surface area contributed by atoms with Crippen molar-refractivity contribution in [2.45, 2.75) is 24.4 Å². The molecule has 0 amide bonds. The normalized spacial score (nSPS) is 11.0. The molecule has 0 aliphatic rings. The number of hydrogen-bond acceptors (Lipinski definition) is 8. The lowest BCUT2D eigenvalue weighted by Gasteiger charge is -1.95. The van der Waals surface area contributed by atoms with E-state index in [0.717, 1.165) is 11.1 Å². The van der Waals surface area contributed by atoms with Crippen molar-refractivity contribution in [2.24, 2.45) is 5.73 Å². The molecule has 0 bridgehead atoms. The Labute approximate surface area is 125 Å². The van der Waals surface area contributed by atoms with Crippen LogP contribution in [0.1, 0.15) is 17.3 Å². The lowest BCUT2D eigenvalue weighted by molar-refractivity contribution is 0.414. The number of aryl methyl sites for hydroxylation is 1. The Bertz CT molecular complexity index is 740. The van der Waals surface area contributed by atoms with Crippen LogP contribution in [-0.4, -0.2) is 20.4 Å². The summed E-state index contributed by atoms with van der Waals surface area (Å²) >= 11 is 1.33. The zero-order valence-corrected chi connectivity index (χ0v) is 12.1. The maximum Gasteiger partial charge on any atom is 0.277 e. The summed E-state index contributed by atoms with van der Waals surface area (Å²) in [6.07, 6.45) is 0. The maximum absolute atomic E-state index is 5.62. The molecule has 3 aromatic rings. The van der Waals surface area contributed by atoms with Crippen molar-refractivity contribution >= 4 is 11.8 Å². The first kappa shape index (κ1) is 13.8. The maximum atomic E-state index is 5.62. The summed E-state index contributed by atoms with van der Waals surface area (Å²) < 4.78 is 10.9. The summed E-state index contributed by atoms with van der Waals surface area (Å²) in [7, 11) is 0. The van der Waals surface area contributed by atoms with Crippen molar-refractivity contribution in [1.82, 2.24) is 20.4 Å². The van der Waals surface area contributed by atoms with Gasteiger partial charge in [0.05, 0.1) is 12.3 Å². The fraction of sp³-hybridized carbons (Fsp3) is 0.231. The van der Waals surface area contributed by atoms with Gasteiger partial charge in [-0.3, -0.25) is 0 Å². The van der Waals surface area contributed by atoms with E-state index in [2.05, 4.69) is 20.4 Å². The SMILES string of the molecule is Cc1cccc(-c2nnc(CSc3nnc(CN)o3)o2)c1. The van der Waals surface area contributed by atoms with Crippen LogP contribution in [0.4, 0.5) is 0 Å². The lowest BCUT2D eigenvalue weighted by Crippen LogP contribution is -1.95. The largest absolute Gasteiger partial charge is 0.420 e. The first-order valence-corrected chi connectivity index (χ1v) is 7.28. The second-order valence-electron chi connectivity index (χ2n) is 4.32. The van der Waals surface area contributed by atoms with Gasteiger partial charge in [-0.15, -0.1) is 20.4 Å². The molecule has 0 radical (unpaired) electrons. The van der Waals surface area contributed by atoms with Crippen molar-refractivity contribution in [2.75, 3.05) is 0 Å². The molecule has 7 nitrogen and oxygen atoms in total. The van der Waals surface area contributed by atoms with E-state index < -0.39 is 0 Å². The predicted octanol–water partition coefficient (Wildman–Crippen LogP) is 2.18. The molecule has 0 atom stereocenters. The van der Waals surface area contributed by atoms with Gasteiger partial charge < -0.3 is 14.6 Å². The third-order valence-corrected chi connectivity index (χ3v) is 3.48. The number of rotatable bonds is 5. The van der Waals surface area contributed by atoms with Gasteiger partial charge in [0.1, 0.15) is 0 Å². The van der Waals surface area contributed by atoms with Crippen molar-refractivity contribution in [3.8, 4) is 11.5 Å². The molecule has 3 rings (SSSR count). The van der Waals surface area contributed by atoms with Crippen LogP contribution >= 0.6 is 11.8 Å². The van der Waals surface area contributed by atoms with E-state index in [1.807, 2.05) is 31.2 Å². The Kier molecular flexibility index (Phi) is 3.98. The van der Waals surface area contributed by atoms with Gasteiger partial charge in [0.25, 0.3) is 5.22 Å². The molecule has 2 N–H and O–H groups in total. The number of benzene rings is 1. The Morgan fingerprint density at radius 2 is 1.95 bits per heavy atom. The summed E-state index contributed by atoms with van der Waals surface area (Å²) in [4.78, 5) is 0. The van der Waals surface area contributed by atoms with E-state index in [1.165, 1.54) is 11.8 Å². The standard InChI is InChI=1S/C13H13N5O2S/c1-8-3-2-4-9(5-8)12-17-16-11(19-12)7-21-13-18-15-10(6-14)20-13/h2-5H,6-7,14H2,1H3. The van der Waals surface area contributed by atoms with E-state index in [0.29, 0.717) is 28.6 Å². The number of hydrogen-bond donors (Lipinski definition) is 1. The zero-order valence-electron chi connectivity index (χ0n) is 11.3. The van der Waals surface area contributed by atoms with E-state index >= 15 is 0 Å². The topological polar surface area (TPSA) is 104 Å². The molecule has 0 aliphatic carbocycles. The third kappa shape index (κ3) is 3.29. The van der Waals surface area contributed by atoms with Gasteiger partial charge >= 0.3 is 0 Å².